The fourth-order valence-electron chi connectivity index (χ4n) is 4.49. The Morgan fingerprint density at radius 2 is 2.00 bits per heavy atom. The fourth-order valence-corrected chi connectivity index (χ4v) is 4.49. The third-order valence-electron chi connectivity index (χ3n) is 5.93. The molecule has 0 aliphatic heterocycles. The van der Waals surface area contributed by atoms with Gasteiger partial charge in [0, 0.05) is 42.9 Å². The van der Waals surface area contributed by atoms with E-state index in [-0.39, 0.29) is 18.3 Å². The third kappa shape index (κ3) is 5.29. The summed E-state index contributed by atoms with van der Waals surface area (Å²) in [7, 11) is 0. The van der Waals surface area contributed by atoms with E-state index in [9.17, 15) is 9.59 Å². The van der Waals surface area contributed by atoms with Crippen molar-refractivity contribution in [3.63, 3.8) is 0 Å². The summed E-state index contributed by atoms with van der Waals surface area (Å²) in [4.78, 5) is 31.3. The molecule has 2 aromatic rings. The molecule has 1 amide bonds. The lowest BCUT2D eigenvalue weighted by Gasteiger charge is -2.27. The molecule has 0 spiro atoms. The van der Waals surface area contributed by atoms with Crippen molar-refractivity contribution in [1.82, 2.24) is 14.5 Å². The maximum Gasteiger partial charge on any atom is 0.307 e. The number of carbonyl (C=O) groups is 2. The van der Waals surface area contributed by atoms with E-state index < -0.39 is 0 Å². The highest BCUT2D eigenvalue weighted by molar-refractivity contribution is 5.96. The van der Waals surface area contributed by atoms with Gasteiger partial charge < -0.3 is 14.2 Å². The van der Waals surface area contributed by atoms with Gasteiger partial charge in [0.1, 0.15) is 0 Å². The number of hydrogen-bond donors (Lipinski definition) is 0. The second kappa shape index (κ2) is 10.4. The summed E-state index contributed by atoms with van der Waals surface area (Å²) in [5.74, 6) is -0.326. The molecular weight excluding hydrogens is 378 g/mol. The first-order chi connectivity index (χ1) is 14.5. The van der Waals surface area contributed by atoms with Crippen molar-refractivity contribution in [2.24, 2.45) is 0 Å². The Labute approximate surface area is 179 Å². The number of amides is 1. The van der Waals surface area contributed by atoms with Crippen LogP contribution < -0.4 is 0 Å². The molecule has 0 N–H and O–H groups in total. The molecule has 1 aliphatic carbocycles. The van der Waals surface area contributed by atoms with E-state index in [0.717, 1.165) is 22.5 Å². The number of nitrogens with zero attached hydrogens (tertiary/aromatic N) is 3. The van der Waals surface area contributed by atoms with Crippen LogP contribution in [0.4, 0.5) is 0 Å². The summed E-state index contributed by atoms with van der Waals surface area (Å²) in [6.07, 6.45) is 9.80. The van der Waals surface area contributed by atoms with Gasteiger partial charge in [-0.15, -0.1) is 0 Å². The Morgan fingerprint density at radius 1 is 1.23 bits per heavy atom. The second-order valence-electron chi connectivity index (χ2n) is 8.09. The number of aromatic nitrogens is 2. The van der Waals surface area contributed by atoms with E-state index >= 15 is 0 Å². The lowest BCUT2D eigenvalue weighted by atomic mass is 9.95. The minimum absolute atomic E-state index is 0.0432. The van der Waals surface area contributed by atoms with Crippen molar-refractivity contribution in [3.8, 4) is 0 Å². The molecule has 0 atom stereocenters. The lowest BCUT2D eigenvalue weighted by Crippen LogP contribution is -2.33. The molecule has 3 rings (SSSR count). The van der Waals surface area contributed by atoms with Crippen LogP contribution in [0.1, 0.15) is 78.8 Å². The van der Waals surface area contributed by atoms with Crippen LogP contribution in [0.3, 0.4) is 0 Å². The van der Waals surface area contributed by atoms with E-state index in [4.69, 9.17) is 4.74 Å². The average Bonchev–Trinajstić information content (AvgIpc) is 3.06. The normalized spacial score (nSPS) is 14.5. The molecule has 6 nitrogen and oxygen atoms in total. The molecule has 0 aromatic carbocycles. The first kappa shape index (κ1) is 22.1. The number of ether oxygens (including phenoxy) is 1. The van der Waals surface area contributed by atoms with E-state index in [1.807, 2.05) is 25.1 Å². The van der Waals surface area contributed by atoms with Crippen molar-refractivity contribution in [2.75, 3.05) is 13.2 Å². The minimum atomic E-state index is -0.283. The van der Waals surface area contributed by atoms with Crippen molar-refractivity contribution in [3.05, 3.63) is 53.1 Å². The number of esters is 1. The van der Waals surface area contributed by atoms with Crippen LogP contribution in [-0.2, 0) is 16.1 Å². The van der Waals surface area contributed by atoms with E-state index in [1.54, 1.807) is 24.2 Å². The van der Waals surface area contributed by atoms with Gasteiger partial charge in [-0.05, 0) is 51.3 Å². The SMILES string of the molecule is CCOC(=O)CCN(Cc1cccnc1)C(=O)c1cc(C)n(C2CCCCC2)c1C. The quantitative estimate of drug-likeness (QED) is 0.596. The molecule has 0 saturated heterocycles. The van der Waals surface area contributed by atoms with E-state index in [1.165, 1.54) is 32.1 Å². The molecule has 0 radical (unpaired) electrons. The number of rotatable bonds is 8. The van der Waals surface area contributed by atoms with Crippen LogP contribution >= 0.6 is 0 Å². The van der Waals surface area contributed by atoms with Gasteiger partial charge in [-0.1, -0.05) is 25.3 Å². The van der Waals surface area contributed by atoms with E-state index in [0.29, 0.717) is 25.7 Å². The summed E-state index contributed by atoms with van der Waals surface area (Å²) in [6, 6.07) is 6.29. The van der Waals surface area contributed by atoms with E-state index in [2.05, 4.69) is 16.5 Å². The zero-order chi connectivity index (χ0) is 21.5. The Morgan fingerprint density at radius 3 is 2.67 bits per heavy atom. The number of pyridine rings is 1. The summed E-state index contributed by atoms with van der Waals surface area (Å²) in [5.41, 5.74) is 3.83. The number of hydrogen-bond acceptors (Lipinski definition) is 4. The molecule has 162 valence electrons. The van der Waals surface area contributed by atoms with Crippen LogP contribution in [-0.4, -0.2) is 39.5 Å². The molecule has 6 heteroatoms. The molecule has 2 heterocycles. The third-order valence-corrected chi connectivity index (χ3v) is 5.93. The topological polar surface area (TPSA) is 64.4 Å². The maximum atomic E-state index is 13.5. The smallest absolute Gasteiger partial charge is 0.307 e. The van der Waals surface area contributed by atoms with Gasteiger partial charge in [0.15, 0.2) is 0 Å². The summed E-state index contributed by atoms with van der Waals surface area (Å²) in [6.45, 7) is 7.00. The standard InChI is InChI=1S/C24H33N3O3/c1-4-30-23(28)12-14-26(17-20-9-8-13-25-16-20)24(29)22-15-18(2)27(19(22)3)21-10-6-5-7-11-21/h8-9,13,15-16,21H,4-7,10-12,14,17H2,1-3H3. The Hall–Kier alpha value is -2.63. The van der Waals surface area contributed by atoms with Crippen LogP contribution in [0.2, 0.25) is 0 Å². The summed E-state index contributed by atoms with van der Waals surface area (Å²) in [5, 5.41) is 0. The Balaban J connectivity index is 1.83. The molecule has 1 saturated carbocycles. The predicted molar refractivity (Wildman–Crippen MR) is 116 cm³/mol. The number of carbonyl (C=O) groups excluding carboxylic acids is 2. The molecule has 30 heavy (non-hydrogen) atoms. The largest absolute Gasteiger partial charge is 0.466 e. The van der Waals surface area contributed by atoms with Crippen molar-refractivity contribution >= 4 is 11.9 Å². The molecule has 1 aliphatic rings. The van der Waals surface area contributed by atoms with Gasteiger partial charge >= 0.3 is 5.97 Å². The van der Waals surface area contributed by atoms with Crippen LogP contribution in [0.15, 0.2) is 30.6 Å². The zero-order valence-electron chi connectivity index (χ0n) is 18.4. The molecule has 0 bridgehead atoms. The molecule has 1 fully saturated rings. The Bertz CT molecular complexity index is 854. The minimum Gasteiger partial charge on any atom is -0.466 e. The average molecular weight is 412 g/mol. The van der Waals surface area contributed by atoms with Crippen LogP contribution in [0.25, 0.3) is 0 Å². The van der Waals surface area contributed by atoms with Crippen molar-refractivity contribution in [2.45, 2.75) is 71.9 Å². The van der Waals surface area contributed by atoms with Gasteiger partial charge in [0.05, 0.1) is 18.6 Å². The highest BCUT2D eigenvalue weighted by atomic mass is 16.5. The van der Waals surface area contributed by atoms with Gasteiger partial charge in [-0.25, -0.2) is 0 Å². The van der Waals surface area contributed by atoms with Gasteiger partial charge in [0.25, 0.3) is 5.91 Å². The van der Waals surface area contributed by atoms with Crippen LogP contribution in [0.5, 0.6) is 0 Å². The lowest BCUT2D eigenvalue weighted by molar-refractivity contribution is -0.143. The van der Waals surface area contributed by atoms with Gasteiger partial charge in [0.2, 0.25) is 0 Å². The molecule has 0 unspecified atom stereocenters. The maximum absolute atomic E-state index is 13.5. The number of aryl methyl sites for hydroxylation is 1. The highest BCUT2D eigenvalue weighted by Crippen LogP contribution is 2.32. The first-order valence-corrected chi connectivity index (χ1v) is 11.0. The Kier molecular flexibility index (Phi) is 7.66. The zero-order valence-corrected chi connectivity index (χ0v) is 18.4. The van der Waals surface area contributed by atoms with Crippen molar-refractivity contribution in [1.29, 1.82) is 0 Å². The van der Waals surface area contributed by atoms with Gasteiger partial charge in [-0.2, -0.15) is 0 Å². The first-order valence-electron chi connectivity index (χ1n) is 11.0. The molecule has 2 aromatic heterocycles. The summed E-state index contributed by atoms with van der Waals surface area (Å²) < 4.78 is 7.41. The van der Waals surface area contributed by atoms with Gasteiger partial charge in [-0.3, -0.25) is 14.6 Å². The second-order valence-corrected chi connectivity index (χ2v) is 8.09. The monoisotopic (exact) mass is 411 g/mol. The molecular formula is C24H33N3O3. The van der Waals surface area contributed by atoms with Crippen LogP contribution in [0, 0.1) is 13.8 Å². The highest BCUT2D eigenvalue weighted by Gasteiger charge is 2.26. The van der Waals surface area contributed by atoms with Crippen molar-refractivity contribution < 1.29 is 14.3 Å². The summed E-state index contributed by atoms with van der Waals surface area (Å²) >= 11 is 0. The fraction of sp³-hybridized carbons (Fsp3) is 0.542. The predicted octanol–water partition coefficient (Wildman–Crippen LogP) is 4.60.